The Kier molecular flexibility index (Phi) is 7.77. The van der Waals surface area contributed by atoms with E-state index in [1.54, 1.807) is 18.2 Å². The van der Waals surface area contributed by atoms with E-state index in [1.165, 1.54) is 31.3 Å². The molecule has 1 N–H and O–H groups in total. The van der Waals surface area contributed by atoms with E-state index < -0.39 is 29.3 Å². The van der Waals surface area contributed by atoms with E-state index in [2.05, 4.69) is 0 Å². The quantitative estimate of drug-likeness (QED) is 0.243. The fraction of sp³-hybridized carbons (Fsp3) is 0.241. The number of amides is 1. The summed E-state index contributed by atoms with van der Waals surface area (Å²) in [5.74, 6) is -1.69. The third kappa shape index (κ3) is 5.14. The van der Waals surface area contributed by atoms with Gasteiger partial charge >= 0.3 is 0 Å². The molecule has 0 aromatic heterocycles. The smallest absolute Gasteiger partial charge is 0.295 e. The van der Waals surface area contributed by atoms with Crippen LogP contribution in [0.3, 0.4) is 0 Å². The number of nitrogens with zero attached hydrogens (tertiary/aromatic N) is 1. The van der Waals surface area contributed by atoms with Crippen LogP contribution in [0.15, 0.2) is 72.3 Å². The van der Waals surface area contributed by atoms with Crippen molar-refractivity contribution in [2.45, 2.75) is 26.0 Å². The third-order valence-corrected chi connectivity index (χ3v) is 6.16. The third-order valence-electron chi connectivity index (χ3n) is 6.16. The first-order valence-electron chi connectivity index (χ1n) is 11.9. The summed E-state index contributed by atoms with van der Waals surface area (Å²) in [4.78, 5) is 27.6. The summed E-state index contributed by atoms with van der Waals surface area (Å²) in [5, 5.41) is 11.3. The first-order chi connectivity index (χ1) is 17.9. The fourth-order valence-corrected chi connectivity index (χ4v) is 4.42. The van der Waals surface area contributed by atoms with Gasteiger partial charge in [0, 0.05) is 6.54 Å². The van der Waals surface area contributed by atoms with Gasteiger partial charge in [0.25, 0.3) is 11.7 Å². The van der Waals surface area contributed by atoms with Crippen LogP contribution in [-0.2, 0) is 16.2 Å². The average molecular weight is 506 g/mol. The summed E-state index contributed by atoms with van der Waals surface area (Å²) in [5.41, 5.74) is 1.32. The molecule has 4 rings (SSSR count). The van der Waals surface area contributed by atoms with Crippen molar-refractivity contribution >= 4 is 17.4 Å². The monoisotopic (exact) mass is 505 g/mol. The largest absolute Gasteiger partial charge is 0.507 e. The van der Waals surface area contributed by atoms with Crippen LogP contribution < -0.4 is 14.2 Å². The number of benzene rings is 3. The molecular formula is C29H28FNO6. The van der Waals surface area contributed by atoms with Gasteiger partial charge in [0.15, 0.2) is 11.5 Å². The van der Waals surface area contributed by atoms with Crippen molar-refractivity contribution in [2.75, 3.05) is 20.8 Å². The van der Waals surface area contributed by atoms with Crippen LogP contribution in [0.2, 0.25) is 0 Å². The average Bonchev–Trinajstić information content (AvgIpc) is 3.17. The molecule has 1 fully saturated rings. The van der Waals surface area contributed by atoms with Gasteiger partial charge in [-0.1, -0.05) is 43.3 Å². The molecule has 1 aliphatic rings. The second kappa shape index (κ2) is 11.2. The number of ether oxygens (including phenoxy) is 3. The van der Waals surface area contributed by atoms with Gasteiger partial charge in [0.05, 0.1) is 31.4 Å². The molecule has 0 bridgehead atoms. The number of carbonyl (C=O) groups is 2. The minimum Gasteiger partial charge on any atom is -0.507 e. The lowest BCUT2D eigenvalue weighted by Gasteiger charge is -2.25. The van der Waals surface area contributed by atoms with Crippen molar-refractivity contribution in [2.24, 2.45) is 0 Å². The summed E-state index contributed by atoms with van der Waals surface area (Å²) in [7, 11) is 2.89. The SMILES string of the molecule is CCCN1C(=O)C(=O)/C(=C(/O)c2cc(F)ccc2OC)C1c1ccc(OC)c(OCc2ccccc2)c1. The van der Waals surface area contributed by atoms with Crippen LogP contribution in [0.5, 0.6) is 17.2 Å². The van der Waals surface area contributed by atoms with Crippen molar-refractivity contribution in [3.63, 3.8) is 0 Å². The Bertz CT molecular complexity index is 1340. The lowest BCUT2D eigenvalue weighted by atomic mass is 9.94. The van der Waals surface area contributed by atoms with Gasteiger partial charge in [-0.05, 0) is 47.9 Å². The molecule has 7 nitrogen and oxygen atoms in total. The molecule has 1 atom stereocenters. The molecule has 1 unspecified atom stereocenters. The predicted octanol–water partition coefficient (Wildman–Crippen LogP) is 5.25. The van der Waals surface area contributed by atoms with E-state index in [0.29, 0.717) is 23.5 Å². The van der Waals surface area contributed by atoms with Crippen LogP contribution in [0.25, 0.3) is 5.76 Å². The summed E-state index contributed by atoms with van der Waals surface area (Å²) >= 11 is 0. The van der Waals surface area contributed by atoms with E-state index in [0.717, 1.165) is 11.6 Å². The normalized spacial score (nSPS) is 16.6. The highest BCUT2D eigenvalue weighted by Gasteiger charge is 2.46. The maximum atomic E-state index is 14.1. The lowest BCUT2D eigenvalue weighted by Crippen LogP contribution is -2.30. The fourth-order valence-electron chi connectivity index (χ4n) is 4.42. The Morgan fingerprint density at radius 2 is 1.65 bits per heavy atom. The molecule has 3 aromatic carbocycles. The Hall–Kier alpha value is -4.33. The van der Waals surface area contributed by atoms with Gasteiger partial charge in [0.1, 0.15) is 23.9 Å². The Morgan fingerprint density at radius 3 is 2.32 bits per heavy atom. The molecule has 1 saturated heterocycles. The molecule has 0 spiro atoms. The van der Waals surface area contributed by atoms with Crippen LogP contribution in [0, 0.1) is 5.82 Å². The van der Waals surface area contributed by atoms with Crippen molar-refractivity contribution in [1.82, 2.24) is 4.90 Å². The number of carbonyl (C=O) groups excluding carboxylic acids is 2. The maximum Gasteiger partial charge on any atom is 0.295 e. The topological polar surface area (TPSA) is 85.3 Å². The standard InChI is InChI=1S/C29H28FNO6/c1-4-14-31-26(19-10-12-23(36-3)24(15-19)37-17-18-8-6-5-7-9-18)25(28(33)29(31)34)27(32)21-16-20(30)11-13-22(21)35-2/h5-13,15-16,26,32H,4,14,17H2,1-3H3/b27-25+. The zero-order valence-electron chi connectivity index (χ0n) is 20.9. The number of likely N-dealkylation sites (tertiary alicyclic amines) is 1. The van der Waals surface area contributed by atoms with E-state index in [1.807, 2.05) is 37.3 Å². The molecule has 0 radical (unpaired) electrons. The number of hydrogen-bond acceptors (Lipinski definition) is 6. The van der Waals surface area contributed by atoms with Gasteiger partial charge in [-0.15, -0.1) is 0 Å². The first kappa shape index (κ1) is 25.8. The molecule has 0 saturated carbocycles. The van der Waals surface area contributed by atoms with Crippen molar-refractivity contribution in [3.8, 4) is 17.2 Å². The van der Waals surface area contributed by atoms with E-state index in [4.69, 9.17) is 14.2 Å². The van der Waals surface area contributed by atoms with Gasteiger partial charge < -0.3 is 24.2 Å². The zero-order valence-corrected chi connectivity index (χ0v) is 20.9. The molecule has 37 heavy (non-hydrogen) atoms. The van der Waals surface area contributed by atoms with Crippen LogP contribution in [0.4, 0.5) is 4.39 Å². The van der Waals surface area contributed by atoms with Crippen LogP contribution in [0.1, 0.15) is 36.1 Å². The Labute approximate surface area is 214 Å². The highest BCUT2D eigenvalue weighted by Crippen LogP contribution is 2.43. The van der Waals surface area contributed by atoms with E-state index in [9.17, 15) is 19.1 Å². The second-order valence-corrected chi connectivity index (χ2v) is 8.52. The van der Waals surface area contributed by atoms with Gasteiger partial charge in [-0.2, -0.15) is 0 Å². The summed E-state index contributed by atoms with van der Waals surface area (Å²) < 4.78 is 30.9. The molecule has 0 aliphatic carbocycles. The number of aliphatic hydroxyl groups excluding tert-OH is 1. The molecule has 1 aliphatic heterocycles. The van der Waals surface area contributed by atoms with E-state index in [-0.39, 0.29) is 30.0 Å². The number of hydrogen-bond donors (Lipinski definition) is 1. The van der Waals surface area contributed by atoms with Crippen molar-refractivity contribution in [1.29, 1.82) is 0 Å². The minimum atomic E-state index is -0.919. The van der Waals surface area contributed by atoms with E-state index >= 15 is 0 Å². The summed E-state index contributed by atoms with van der Waals surface area (Å²) in [6.45, 7) is 2.43. The summed E-state index contributed by atoms with van der Waals surface area (Å²) in [6.07, 6.45) is 0.584. The molecule has 8 heteroatoms. The van der Waals surface area contributed by atoms with Gasteiger partial charge in [-0.25, -0.2) is 4.39 Å². The first-order valence-corrected chi connectivity index (χ1v) is 11.9. The molecule has 1 amide bonds. The Morgan fingerprint density at radius 1 is 0.946 bits per heavy atom. The van der Waals surface area contributed by atoms with Crippen LogP contribution in [-0.4, -0.2) is 42.5 Å². The molecule has 3 aromatic rings. The second-order valence-electron chi connectivity index (χ2n) is 8.52. The minimum absolute atomic E-state index is 0.0175. The zero-order chi connectivity index (χ0) is 26.5. The number of ketones is 1. The predicted molar refractivity (Wildman–Crippen MR) is 136 cm³/mol. The maximum absolute atomic E-state index is 14.1. The number of halogens is 1. The molecule has 192 valence electrons. The van der Waals surface area contributed by atoms with Crippen LogP contribution >= 0.6 is 0 Å². The number of aliphatic hydroxyl groups is 1. The van der Waals surface area contributed by atoms with Gasteiger partial charge in [0.2, 0.25) is 0 Å². The Balaban J connectivity index is 1.83. The van der Waals surface area contributed by atoms with Crippen molar-refractivity contribution < 1.29 is 33.3 Å². The summed E-state index contributed by atoms with van der Waals surface area (Å²) in [6, 6.07) is 17.4. The highest BCUT2D eigenvalue weighted by molar-refractivity contribution is 6.46. The number of methoxy groups -OCH3 is 2. The number of rotatable bonds is 9. The molecule has 1 heterocycles. The lowest BCUT2D eigenvalue weighted by molar-refractivity contribution is -0.139. The number of Topliss-reactive ketones (excluding diaryl/α,β-unsaturated/α-hetero) is 1. The van der Waals surface area contributed by atoms with Crippen molar-refractivity contribution in [3.05, 3.63) is 94.8 Å². The van der Waals surface area contributed by atoms with Gasteiger partial charge in [-0.3, -0.25) is 9.59 Å². The molecular weight excluding hydrogens is 477 g/mol. The highest BCUT2D eigenvalue weighted by atomic mass is 19.1.